The molecule has 4 aromatic carbocycles. The summed E-state index contributed by atoms with van der Waals surface area (Å²) in [6.45, 7) is 8.19. The number of ether oxygens (including phenoxy) is 3. The fourth-order valence-electron chi connectivity index (χ4n) is 6.34. The number of esters is 1. The highest BCUT2D eigenvalue weighted by Gasteiger charge is 2.36. The van der Waals surface area contributed by atoms with Crippen LogP contribution in [0.2, 0.25) is 0 Å². The number of carbonyl (C=O) groups excluding carboxylic acids is 2. The fourth-order valence-corrected chi connectivity index (χ4v) is 6.34. The lowest BCUT2D eigenvalue weighted by Crippen LogP contribution is -2.52. The van der Waals surface area contributed by atoms with Crippen molar-refractivity contribution in [3.05, 3.63) is 119 Å². The van der Waals surface area contributed by atoms with Crippen molar-refractivity contribution in [1.82, 2.24) is 4.90 Å². The van der Waals surface area contributed by atoms with Crippen molar-refractivity contribution in [2.24, 2.45) is 5.73 Å². The van der Waals surface area contributed by atoms with E-state index in [1.54, 1.807) is 6.07 Å². The maximum atomic E-state index is 13.4. The molecular formula is C39H44N2O5. The van der Waals surface area contributed by atoms with Crippen molar-refractivity contribution in [2.45, 2.75) is 71.3 Å². The third kappa shape index (κ3) is 7.66. The zero-order valence-corrected chi connectivity index (χ0v) is 27.0. The van der Waals surface area contributed by atoms with Crippen molar-refractivity contribution in [2.75, 3.05) is 13.2 Å². The number of aldehydes is 1. The predicted molar refractivity (Wildman–Crippen MR) is 181 cm³/mol. The quantitative estimate of drug-likeness (QED) is 0.0929. The molecule has 5 rings (SSSR count). The molecule has 1 fully saturated rings. The predicted octanol–water partition coefficient (Wildman–Crippen LogP) is 7.73. The van der Waals surface area contributed by atoms with Gasteiger partial charge >= 0.3 is 5.97 Å². The van der Waals surface area contributed by atoms with Crippen molar-refractivity contribution in [3.8, 4) is 22.6 Å². The van der Waals surface area contributed by atoms with E-state index < -0.39 is 5.97 Å². The summed E-state index contributed by atoms with van der Waals surface area (Å²) in [7, 11) is 0. The van der Waals surface area contributed by atoms with Gasteiger partial charge in [0.15, 0.2) is 6.29 Å². The summed E-state index contributed by atoms with van der Waals surface area (Å²) in [5.41, 5.74) is 11.7. The van der Waals surface area contributed by atoms with Crippen LogP contribution in [0.25, 0.3) is 11.1 Å². The highest BCUT2D eigenvalue weighted by atomic mass is 16.5. The molecule has 240 valence electrons. The van der Waals surface area contributed by atoms with Crippen molar-refractivity contribution >= 4 is 12.3 Å². The minimum absolute atomic E-state index is 0.0175. The molecule has 0 bridgehead atoms. The largest absolute Gasteiger partial charge is 0.490 e. The Bertz CT molecular complexity index is 1610. The van der Waals surface area contributed by atoms with Crippen LogP contribution in [0.5, 0.6) is 11.5 Å². The van der Waals surface area contributed by atoms with E-state index in [9.17, 15) is 9.59 Å². The van der Waals surface area contributed by atoms with E-state index in [0.29, 0.717) is 18.2 Å². The van der Waals surface area contributed by atoms with Crippen LogP contribution in [0.1, 0.15) is 76.9 Å². The van der Waals surface area contributed by atoms with E-state index in [1.165, 1.54) is 6.07 Å². The molecule has 46 heavy (non-hydrogen) atoms. The minimum atomic E-state index is -0.571. The third-order valence-electron chi connectivity index (χ3n) is 9.25. The van der Waals surface area contributed by atoms with Crippen LogP contribution in [0.4, 0.5) is 0 Å². The van der Waals surface area contributed by atoms with Crippen LogP contribution < -0.4 is 15.2 Å². The molecule has 0 spiro atoms. The van der Waals surface area contributed by atoms with Gasteiger partial charge in [0.25, 0.3) is 0 Å². The van der Waals surface area contributed by atoms with Gasteiger partial charge in [-0.2, -0.15) is 0 Å². The Morgan fingerprint density at radius 3 is 2.28 bits per heavy atom. The first-order chi connectivity index (χ1) is 22.3. The Kier molecular flexibility index (Phi) is 10.9. The van der Waals surface area contributed by atoms with Gasteiger partial charge in [0, 0.05) is 18.3 Å². The summed E-state index contributed by atoms with van der Waals surface area (Å²) in [5, 5.41) is 0. The van der Waals surface area contributed by atoms with Crippen LogP contribution in [0.15, 0.2) is 91.0 Å². The summed E-state index contributed by atoms with van der Waals surface area (Å²) in [5.74, 6) is 0.140. The van der Waals surface area contributed by atoms with Crippen molar-refractivity contribution in [3.63, 3.8) is 0 Å². The molecule has 0 aliphatic heterocycles. The van der Waals surface area contributed by atoms with E-state index in [0.717, 1.165) is 66.3 Å². The molecule has 2 N–H and O–H groups in total. The van der Waals surface area contributed by atoms with Crippen LogP contribution in [-0.4, -0.2) is 42.0 Å². The van der Waals surface area contributed by atoms with E-state index in [2.05, 4.69) is 43.9 Å². The lowest BCUT2D eigenvalue weighted by Gasteiger charge is -2.45. The smallest absolute Gasteiger partial charge is 0.342 e. The molecular weight excluding hydrogens is 576 g/mol. The second-order valence-corrected chi connectivity index (χ2v) is 12.2. The second kappa shape index (κ2) is 15.2. The standard InChI is InChI=1S/C39H44N2O5/c1-4-41(27-40)39(3)20-18-33(19-21-39)46-36-23-37(35(22-32(36)24-42)38(43)45-25-29-12-7-5-8-13-29)44-26-31-16-11-17-34(28(31)2)30-14-9-6-10-15-30/h5-17,22-24,33H,4,18-21,25-27,40H2,1-3H3. The first kappa shape index (κ1) is 32.9. The monoisotopic (exact) mass is 620 g/mol. The average molecular weight is 621 g/mol. The summed E-state index contributed by atoms with van der Waals surface area (Å²) in [4.78, 5) is 28.1. The molecule has 0 amide bonds. The topological polar surface area (TPSA) is 91.1 Å². The van der Waals surface area contributed by atoms with Crippen LogP contribution in [-0.2, 0) is 18.0 Å². The molecule has 7 heteroatoms. The van der Waals surface area contributed by atoms with Crippen molar-refractivity contribution in [1.29, 1.82) is 0 Å². The molecule has 0 heterocycles. The minimum Gasteiger partial charge on any atom is -0.490 e. The Morgan fingerprint density at radius 1 is 0.935 bits per heavy atom. The molecule has 1 aliphatic rings. The summed E-state index contributed by atoms with van der Waals surface area (Å²) in [6, 6.07) is 29.0. The normalized spacial score (nSPS) is 17.8. The highest BCUT2D eigenvalue weighted by molar-refractivity contribution is 5.95. The number of hydrogen-bond donors (Lipinski definition) is 1. The van der Waals surface area contributed by atoms with Gasteiger partial charge in [0.2, 0.25) is 0 Å². The molecule has 7 nitrogen and oxygen atoms in total. The summed E-state index contributed by atoms with van der Waals surface area (Å²) in [6.07, 6.45) is 4.17. The Labute approximate surface area is 272 Å². The lowest BCUT2D eigenvalue weighted by atomic mass is 9.80. The number of nitrogens with zero attached hydrogens (tertiary/aromatic N) is 1. The van der Waals surface area contributed by atoms with Gasteiger partial charge in [-0.1, -0.05) is 85.8 Å². The van der Waals surface area contributed by atoms with Gasteiger partial charge in [0.1, 0.15) is 30.3 Å². The SMILES string of the molecule is CCN(CN)C1(C)CCC(Oc2cc(OCc3cccc(-c4ccccc4)c3C)c(C(=O)OCc3ccccc3)cc2C=O)CC1. The highest BCUT2D eigenvalue weighted by Crippen LogP contribution is 2.37. The zero-order chi connectivity index (χ0) is 32.5. The summed E-state index contributed by atoms with van der Waals surface area (Å²) >= 11 is 0. The molecule has 0 atom stereocenters. The van der Waals surface area contributed by atoms with Crippen molar-refractivity contribution < 1.29 is 23.8 Å². The van der Waals surface area contributed by atoms with E-state index in [4.69, 9.17) is 19.9 Å². The maximum Gasteiger partial charge on any atom is 0.342 e. The average Bonchev–Trinajstić information content (AvgIpc) is 3.09. The zero-order valence-electron chi connectivity index (χ0n) is 27.0. The van der Waals surface area contributed by atoms with Gasteiger partial charge < -0.3 is 19.9 Å². The molecule has 0 saturated heterocycles. The summed E-state index contributed by atoms with van der Waals surface area (Å²) < 4.78 is 18.5. The molecule has 0 aromatic heterocycles. The van der Waals surface area contributed by atoms with Gasteiger partial charge in [-0.25, -0.2) is 4.79 Å². The van der Waals surface area contributed by atoms with Crippen LogP contribution in [0, 0.1) is 6.92 Å². The third-order valence-corrected chi connectivity index (χ3v) is 9.25. The first-order valence-electron chi connectivity index (χ1n) is 16.1. The van der Waals surface area contributed by atoms with Gasteiger partial charge in [-0.3, -0.25) is 9.69 Å². The first-order valence-corrected chi connectivity index (χ1v) is 16.1. The lowest BCUT2D eigenvalue weighted by molar-refractivity contribution is 0.0299. The Hall–Kier alpha value is -4.46. The second-order valence-electron chi connectivity index (χ2n) is 12.2. The Morgan fingerprint density at radius 2 is 1.63 bits per heavy atom. The number of nitrogens with two attached hydrogens (primary N) is 1. The number of carbonyl (C=O) groups is 2. The number of rotatable bonds is 13. The number of hydrogen-bond acceptors (Lipinski definition) is 7. The Balaban J connectivity index is 1.40. The maximum absolute atomic E-state index is 13.4. The molecule has 4 aromatic rings. The van der Waals surface area contributed by atoms with E-state index in [1.807, 2.05) is 60.7 Å². The molecule has 1 saturated carbocycles. The fraction of sp³-hybridized carbons (Fsp3) is 0.333. The molecule has 0 radical (unpaired) electrons. The van der Waals surface area contributed by atoms with Gasteiger partial charge in [-0.05, 0) is 80.0 Å². The van der Waals surface area contributed by atoms with Crippen LogP contribution >= 0.6 is 0 Å². The number of benzene rings is 4. The van der Waals surface area contributed by atoms with Gasteiger partial charge in [-0.15, -0.1) is 0 Å². The van der Waals surface area contributed by atoms with E-state index >= 15 is 0 Å². The van der Waals surface area contributed by atoms with Gasteiger partial charge in [0.05, 0.1) is 11.7 Å². The van der Waals surface area contributed by atoms with Crippen LogP contribution in [0.3, 0.4) is 0 Å². The van der Waals surface area contributed by atoms with E-state index in [-0.39, 0.29) is 36.0 Å². The molecule has 1 aliphatic carbocycles. The molecule has 0 unspecified atom stereocenters.